The molecular formula is C17H16BrNO4. The number of rotatable bonds is 7. The van der Waals surface area contributed by atoms with E-state index in [1.807, 2.05) is 30.3 Å². The number of carbonyl (C=O) groups excluding carboxylic acids is 2. The summed E-state index contributed by atoms with van der Waals surface area (Å²) in [6, 6.07) is 16.1. The maximum absolute atomic E-state index is 11.7. The lowest BCUT2D eigenvalue weighted by molar-refractivity contribution is -0.143. The Kier molecular flexibility index (Phi) is 6.62. The highest BCUT2D eigenvalue weighted by atomic mass is 79.9. The van der Waals surface area contributed by atoms with Gasteiger partial charge in [-0.25, -0.2) is 0 Å². The van der Waals surface area contributed by atoms with Crippen molar-refractivity contribution in [2.45, 2.75) is 0 Å². The Hall–Kier alpha value is -2.34. The summed E-state index contributed by atoms with van der Waals surface area (Å²) in [5.41, 5.74) is 0.498. The zero-order chi connectivity index (χ0) is 16.5. The maximum Gasteiger partial charge on any atom is 0.325 e. The molecular weight excluding hydrogens is 362 g/mol. The first kappa shape index (κ1) is 17.0. The van der Waals surface area contributed by atoms with E-state index in [-0.39, 0.29) is 25.7 Å². The molecule has 1 amide bonds. The van der Waals surface area contributed by atoms with Crippen LogP contribution in [0.1, 0.15) is 10.4 Å². The average molecular weight is 378 g/mol. The molecule has 0 aliphatic carbocycles. The van der Waals surface area contributed by atoms with Crippen LogP contribution >= 0.6 is 15.9 Å². The summed E-state index contributed by atoms with van der Waals surface area (Å²) >= 11 is 3.34. The van der Waals surface area contributed by atoms with Gasteiger partial charge < -0.3 is 14.8 Å². The molecule has 0 fully saturated rings. The predicted octanol–water partition coefficient (Wildman–Crippen LogP) is 2.80. The van der Waals surface area contributed by atoms with Gasteiger partial charge in [-0.05, 0) is 30.3 Å². The summed E-state index contributed by atoms with van der Waals surface area (Å²) in [6.07, 6.45) is 0. The Morgan fingerprint density at radius 2 is 1.78 bits per heavy atom. The Morgan fingerprint density at radius 3 is 2.52 bits per heavy atom. The Balaban J connectivity index is 1.63. The summed E-state index contributed by atoms with van der Waals surface area (Å²) in [5, 5.41) is 2.50. The molecule has 6 heteroatoms. The van der Waals surface area contributed by atoms with Crippen molar-refractivity contribution in [2.75, 3.05) is 19.8 Å². The minimum atomic E-state index is -0.507. The summed E-state index contributed by atoms with van der Waals surface area (Å²) in [5.74, 6) is -0.132. The molecule has 2 rings (SSSR count). The molecule has 1 N–H and O–H groups in total. The zero-order valence-electron chi connectivity index (χ0n) is 12.3. The molecule has 0 spiro atoms. The van der Waals surface area contributed by atoms with Gasteiger partial charge in [-0.15, -0.1) is 0 Å². The van der Waals surface area contributed by atoms with Gasteiger partial charge in [0.15, 0.2) is 0 Å². The molecule has 0 unspecified atom stereocenters. The van der Waals surface area contributed by atoms with Gasteiger partial charge in [0.25, 0.3) is 5.91 Å². The molecule has 0 aromatic heterocycles. The van der Waals surface area contributed by atoms with Gasteiger partial charge in [-0.3, -0.25) is 9.59 Å². The average Bonchev–Trinajstić information content (AvgIpc) is 2.57. The van der Waals surface area contributed by atoms with Crippen LogP contribution < -0.4 is 10.1 Å². The van der Waals surface area contributed by atoms with E-state index in [9.17, 15) is 9.59 Å². The van der Waals surface area contributed by atoms with E-state index in [0.29, 0.717) is 11.3 Å². The van der Waals surface area contributed by atoms with Gasteiger partial charge >= 0.3 is 5.97 Å². The summed E-state index contributed by atoms with van der Waals surface area (Å²) in [4.78, 5) is 23.3. The van der Waals surface area contributed by atoms with Crippen LogP contribution in [0.2, 0.25) is 0 Å². The number of carbonyl (C=O) groups is 2. The highest BCUT2D eigenvalue weighted by molar-refractivity contribution is 9.10. The zero-order valence-corrected chi connectivity index (χ0v) is 13.9. The van der Waals surface area contributed by atoms with Gasteiger partial charge in [0.1, 0.15) is 25.5 Å². The molecule has 0 aliphatic heterocycles. The van der Waals surface area contributed by atoms with Crippen LogP contribution in [0.3, 0.4) is 0 Å². The molecule has 0 aliphatic rings. The lowest BCUT2D eigenvalue weighted by Crippen LogP contribution is -2.31. The van der Waals surface area contributed by atoms with Crippen LogP contribution in [-0.4, -0.2) is 31.6 Å². The molecule has 0 radical (unpaired) electrons. The van der Waals surface area contributed by atoms with E-state index >= 15 is 0 Å². The summed E-state index contributed by atoms with van der Waals surface area (Å²) in [6.45, 7) is 0.186. The van der Waals surface area contributed by atoms with E-state index < -0.39 is 5.97 Å². The predicted molar refractivity (Wildman–Crippen MR) is 89.4 cm³/mol. The molecule has 5 nitrogen and oxygen atoms in total. The lowest BCUT2D eigenvalue weighted by Gasteiger charge is -2.08. The number of benzene rings is 2. The van der Waals surface area contributed by atoms with Crippen LogP contribution in [0.25, 0.3) is 0 Å². The SMILES string of the molecule is O=C(CNC(=O)c1ccccc1)OCCOc1cccc(Br)c1. The molecule has 120 valence electrons. The van der Waals surface area contributed by atoms with Crippen molar-refractivity contribution in [1.82, 2.24) is 5.32 Å². The fraction of sp³-hybridized carbons (Fsp3) is 0.176. The number of hydrogen-bond acceptors (Lipinski definition) is 4. The number of halogens is 1. The number of ether oxygens (including phenoxy) is 2. The molecule has 0 bridgehead atoms. The van der Waals surface area contributed by atoms with Crippen LogP contribution in [0.15, 0.2) is 59.1 Å². The molecule has 2 aromatic rings. The van der Waals surface area contributed by atoms with Crippen molar-refractivity contribution in [3.05, 3.63) is 64.6 Å². The van der Waals surface area contributed by atoms with Gasteiger partial charge in [0, 0.05) is 10.0 Å². The van der Waals surface area contributed by atoms with Crippen molar-refractivity contribution in [3.63, 3.8) is 0 Å². The number of hydrogen-bond donors (Lipinski definition) is 1. The van der Waals surface area contributed by atoms with E-state index in [0.717, 1.165) is 4.47 Å². The monoisotopic (exact) mass is 377 g/mol. The molecule has 0 saturated carbocycles. The van der Waals surface area contributed by atoms with Crippen molar-refractivity contribution in [3.8, 4) is 5.75 Å². The first-order chi connectivity index (χ1) is 11.1. The topological polar surface area (TPSA) is 64.6 Å². The quantitative estimate of drug-likeness (QED) is 0.595. The molecule has 2 aromatic carbocycles. The van der Waals surface area contributed by atoms with Crippen molar-refractivity contribution >= 4 is 27.8 Å². The highest BCUT2D eigenvalue weighted by Gasteiger charge is 2.08. The van der Waals surface area contributed by atoms with Crippen LogP contribution in [-0.2, 0) is 9.53 Å². The fourth-order valence-corrected chi connectivity index (χ4v) is 2.15. The van der Waals surface area contributed by atoms with Crippen LogP contribution in [0, 0.1) is 0 Å². The Labute approximate surface area is 142 Å². The standard InChI is InChI=1S/C17H16BrNO4/c18-14-7-4-8-15(11-14)22-9-10-23-16(20)12-19-17(21)13-5-2-1-3-6-13/h1-8,11H,9-10,12H2,(H,19,21). The molecule has 0 saturated heterocycles. The number of esters is 1. The van der Waals surface area contributed by atoms with E-state index in [1.54, 1.807) is 24.3 Å². The third kappa shape index (κ3) is 6.12. The second-order valence-electron chi connectivity index (χ2n) is 4.58. The van der Waals surface area contributed by atoms with Gasteiger partial charge in [0.05, 0.1) is 0 Å². The van der Waals surface area contributed by atoms with Crippen LogP contribution in [0.5, 0.6) is 5.75 Å². The van der Waals surface area contributed by atoms with E-state index in [4.69, 9.17) is 9.47 Å². The highest BCUT2D eigenvalue weighted by Crippen LogP contribution is 2.17. The normalized spacial score (nSPS) is 9.96. The van der Waals surface area contributed by atoms with Crippen molar-refractivity contribution < 1.29 is 19.1 Å². The minimum absolute atomic E-state index is 0.118. The smallest absolute Gasteiger partial charge is 0.325 e. The van der Waals surface area contributed by atoms with E-state index in [2.05, 4.69) is 21.2 Å². The second kappa shape index (κ2) is 8.95. The first-order valence-corrected chi connectivity index (χ1v) is 7.81. The van der Waals surface area contributed by atoms with Gasteiger partial charge in [-0.2, -0.15) is 0 Å². The van der Waals surface area contributed by atoms with Gasteiger partial charge in [0.2, 0.25) is 0 Å². The number of nitrogens with one attached hydrogen (secondary N) is 1. The Bertz CT molecular complexity index is 661. The van der Waals surface area contributed by atoms with E-state index in [1.165, 1.54) is 0 Å². The number of amides is 1. The third-order valence-corrected chi connectivity index (χ3v) is 3.33. The largest absolute Gasteiger partial charge is 0.490 e. The molecule has 0 heterocycles. The molecule has 0 atom stereocenters. The molecule has 23 heavy (non-hydrogen) atoms. The fourth-order valence-electron chi connectivity index (χ4n) is 1.77. The summed E-state index contributed by atoms with van der Waals surface area (Å²) < 4.78 is 11.3. The van der Waals surface area contributed by atoms with Crippen molar-refractivity contribution in [1.29, 1.82) is 0 Å². The maximum atomic E-state index is 11.7. The van der Waals surface area contributed by atoms with Crippen LogP contribution in [0.4, 0.5) is 0 Å². The lowest BCUT2D eigenvalue weighted by atomic mass is 10.2. The van der Waals surface area contributed by atoms with Crippen molar-refractivity contribution in [2.24, 2.45) is 0 Å². The minimum Gasteiger partial charge on any atom is -0.490 e. The third-order valence-electron chi connectivity index (χ3n) is 2.84. The van der Waals surface area contributed by atoms with Gasteiger partial charge in [-0.1, -0.05) is 40.2 Å². The first-order valence-electron chi connectivity index (χ1n) is 7.02. The summed E-state index contributed by atoms with van der Waals surface area (Å²) in [7, 11) is 0. The second-order valence-corrected chi connectivity index (χ2v) is 5.49. The Morgan fingerprint density at radius 1 is 1.00 bits per heavy atom.